The summed E-state index contributed by atoms with van der Waals surface area (Å²) in [5, 5.41) is 18.4. The summed E-state index contributed by atoms with van der Waals surface area (Å²) in [6, 6.07) is 0. The SMILES string of the molecule is OC1C=CC(Cl)=C(Cl)C1O. The lowest BCUT2D eigenvalue weighted by Gasteiger charge is -2.17. The third kappa shape index (κ3) is 1.35. The van der Waals surface area contributed by atoms with E-state index >= 15 is 0 Å². The van der Waals surface area contributed by atoms with Crippen LogP contribution in [0.5, 0.6) is 0 Å². The van der Waals surface area contributed by atoms with Gasteiger partial charge in [0.2, 0.25) is 0 Å². The quantitative estimate of drug-likeness (QED) is 0.584. The monoisotopic (exact) mass is 180 g/mol. The van der Waals surface area contributed by atoms with E-state index in [0.29, 0.717) is 0 Å². The first-order chi connectivity index (χ1) is 4.63. The first kappa shape index (κ1) is 8.08. The molecule has 0 amide bonds. The molecule has 2 N–H and O–H groups in total. The zero-order chi connectivity index (χ0) is 7.72. The second-order valence-corrected chi connectivity index (χ2v) is 2.80. The van der Waals surface area contributed by atoms with Crippen molar-refractivity contribution in [2.75, 3.05) is 0 Å². The molecule has 4 heteroatoms. The summed E-state index contributed by atoms with van der Waals surface area (Å²) in [6.45, 7) is 0. The van der Waals surface area contributed by atoms with Crippen LogP contribution in [0.25, 0.3) is 0 Å². The minimum absolute atomic E-state index is 0.0941. The molecule has 1 rings (SSSR count). The number of hydrogen-bond donors (Lipinski definition) is 2. The summed E-state index contributed by atoms with van der Waals surface area (Å²) >= 11 is 11.0. The van der Waals surface area contributed by atoms with Crippen LogP contribution in [-0.4, -0.2) is 22.4 Å². The van der Waals surface area contributed by atoms with Gasteiger partial charge in [-0.3, -0.25) is 0 Å². The van der Waals surface area contributed by atoms with E-state index in [-0.39, 0.29) is 10.1 Å². The van der Waals surface area contributed by atoms with Crippen molar-refractivity contribution >= 4 is 23.2 Å². The second kappa shape index (κ2) is 2.93. The molecule has 0 spiro atoms. The fourth-order valence-corrected chi connectivity index (χ4v) is 1.04. The Bertz CT molecular complexity index is 198. The molecular formula is C6H6Cl2O2. The fourth-order valence-electron chi connectivity index (χ4n) is 0.659. The van der Waals surface area contributed by atoms with Gasteiger partial charge in [0.05, 0.1) is 10.1 Å². The Morgan fingerprint density at radius 3 is 2.40 bits per heavy atom. The summed E-state index contributed by atoms with van der Waals surface area (Å²) in [7, 11) is 0. The van der Waals surface area contributed by atoms with Crippen LogP contribution in [0.2, 0.25) is 0 Å². The predicted molar refractivity (Wildman–Crippen MR) is 39.9 cm³/mol. The highest BCUT2D eigenvalue weighted by atomic mass is 35.5. The van der Waals surface area contributed by atoms with E-state index < -0.39 is 12.2 Å². The predicted octanol–water partition coefficient (Wildman–Crippen LogP) is 0.967. The van der Waals surface area contributed by atoms with E-state index in [4.69, 9.17) is 33.4 Å². The molecule has 1 aliphatic rings. The van der Waals surface area contributed by atoms with Gasteiger partial charge in [0, 0.05) is 0 Å². The maximum Gasteiger partial charge on any atom is 0.120 e. The maximum atomic E-state index is 9.04. The Morgan fingerprint density at radius 1 is 1.30 bits per heavy atom. The van der Waals surface area contributed by atoms with Gasteiger partial charge in [-0.05, 0) is 6.08 Å². The number of allylic oxidation sites excluding steroid dienone is 2. The van der Waals surface area contributed by atoms with E-state index in [1.807, 2.05) is 0 Å². The molecule has 0 aromatic heterocycles. The molecule has 0 bridgehead atoms. The topological polar surface area (TPSA) is 40.5 Å². The fraction of sp³-hybridized carbons (Fsp3) is 0.333. The first-order valence-electron chi connectivity index (χ1n) is 2.72. The van der Waals surface area contributed by atoms with Gasteiger partial charge in [-0.2, -0.15) is 0 Å². The maximum absolute atomic E-state index is 9.04. The Labute approximate surface area is 68.4 Å². The lowest BCUT2D eigenvalue weighted by Crippen LogP contribution is -2.26. The molecule has 0 radical (unpaired) electrons. The molecule has 0 aliphatic heterocycles. The van der Waals surface area contributed by atoms with Gasteiger partial charge in [0.25, 0.3) is 0 Å². The zero-order valence-electron chi connectivity index (χ0n) is 4.96. The molecular weight excluding hydrogens is 175 g/mol. The largest absolute Gasteiger partial charge is 0.386 e. The minimum Gasteiger partial charge on any atom is -0.386 e. The van der Waals surface area contributed by atoms with E-state index in [0.717, 1.165) is 0 Å². The smallest absolute Gasteiger partial charge is 0.120 e. The van der Waals surface area contributed by atoms with Crippen molar-refractivity contribution in [2.45, 2.75) is 12.2 Å². The first-order valence-corrected chi connectivity index (χ1v) is 3.48. The van der Waals surface area contributed by atoms with Crippen molar-refractivity contribution < 1.29 is 10.2 Å². The van der Waals surface area contributed by atoms with Crippen LogP contribution in [0.1, 0.15) is 0 Å². The van der Waals surface area contributed by atoms with Crippen LogP contribution in [0, 0.1) is 0 Å². The Hall–Kier alpha value is -0.0200. The number of hydrogen-bond acceptors (Lipinski definition) is 2. The second-order valence-electron chi connectivity index (χ2n) is 1.99. The minimum atomic E-state index is -1.07. The molecule has 2 atom stereocenters. The van der Waals surface area contributed by atoms with Crippen LogP contribution >= 0.6 is 23.2 Å². The van der Waals surface area contributed by atoms with E-state index in [1.165, 1.54) is 12.2 Å². The molecule has 2 unspecified atom stereocenters. The summed E-state index contributed by atoms with van der Waals surface area (Å²) < 4.78 is 0. The van der Waals surface area contributed by atoms with Crippen molar-refractivity contribution in [2.24, 2.45) is 0 Å². The third-order valence-electron chi connectivity index (χ3n) is 1.25. The number of aliphatic hydroxyl groups excluding tert-OH is 2. The van der Waals surface area contributed by atoms with Crippen molar-refractivity contribution in [1.29, 1.82) is 0 Å². The molecule has 10 heavy (non-hydrogen) atoms. The summed E-state index contributed by atoms with van der Waals surface area (Å²) in [4.78, 5) is 0. The Morgan fingerprint density at radius 2 is 1.90 bits per heavy atom. The molecule has 0 fully saturated rings. The van der Waals surface area contributed by atoms with Crippen LogP contribution in [0.3, 0.4) is 0 Å². The zero-order valence-corrected chi connectivity index (χ0v) is 6.47. The number of rotatable bonds is 0. The van der Waals surface area contributed by atoms with Crippen molar-refractivity contribution in [3.63, 3.8) is 0 Å². The van der Waals surface area contributed by atoms with E-state index in [9.17, 15) is 0 Å². The number of aliphatic hydroxyl groups is 2. The van der Waals surface area contributed by atoms with Crippen molar-refractivity contribution in [3.05, 3.63) is 22.2 Å². The van der Waals surface area contributed by atoms with Crippen LogP contribution in [0.15, 0.2) is 22.2 Å². The molecule has 2 nitrogen and oxygen atoms in total. The van der Waals surface area contributed by atoms with Crippen molar-refractivity contribution in [1.82, 2.24) is 0 Å². The van der Waals surface area contributed by atoms with Crippen LogP contribution < -0.4 is 0 Å². The molecule has 0 saturated heterocycles. The highest BCUT2D eigenvalue weighted by Gasteiger charge is 2.22. The van der Waals surface area contributed by atoms with Gasteiger partial charge in [-0.15, -0.1) is 0 Å². The van der Waals surface area contributed by atoms with Gasteiger partial charge in [-0.25, -0.2) is 0 Å². The highest BCUT2D eigenvalue weighted by molar-refractivity contribution is 6.40. The van der Waals surface area contributed by atoms with Crippen LogP contribution in [0.4, 0.5) is 0 Å². The standard InChI is InChI=1S/C6H6Cl2O2/c7-3-1-2-4(9)6(10)5(3)8/h1-2,4,6,9-10H. The van der Waals surface area contributed by atoms with E-state index in [2.05, 4.69) is 0 Å². The van der Waals surface area contributed by atoms with Crippen LogP contribution in [-0.2, 0) is 0 Å². The lowest BCUT2D eigenvalue weighted by molar-refractivity contribution is 0.0761. The van der Waals surface area contributed by atoms with Gasteiger partial charge in [0.15, 0.2) is 0 Å². The molecule has 0 heterocycles. The van der Waals surface area contributed by atoms with Crippen molar-refractivity contribution in [3.8, 4) is 0 Å². The highest BCUT2D eigenvalue weighted by Crippen LogP contribution is 2.25. The van der Waals surface area contributed by atoms with Gasteiger partial charge >= 0.3 is 0 Å². The van der Waals surface area contributed by atoms with Gasteiger partial charge in [0.1, 0.15) is 12.2 Å². The number of halogens is 2. The average molecular weight is 181 g/mol. The molecule has 0 aromatic carbocycles. The Balaban J connectivity index is 2.88. The van der Waals surface area contributed by atoms with Gasteiger partial charge in [-0.1, -0.05) is 29.3 Å². The van der Waals surface area contributed by atoms with Gasteiger partial charge < -0.3 is 10.2 Å². The third-order valence-corrected chi connectivity index (χ3v) is 2.10. The van der Waals surface area contributed by atoms with E-state index in [1.54, 1.807) is 0 Å². The average Bonchev–Trinajstić information content (AvgIpc) is 1.93. The molecule has 0 saturated carbocycles. The Kier molecular flexibility index (Phi) is 2.36. The molecule has 56 valence electrons. The lowest BCUT2D eigenvalue weighted by atomic mass is 10.1. The molecule has 1 aliphatic carbocycles. The summed E-state index contributed by atoms with van der Waals surface area (Å²) in [6.07, 6.45) is 0.842. The summed E-state index contributed by atoms with van der Waals surface area (Å²) in [5.41, 5.74) is 0. The molecule has 0 aromatic rings. The normalized spacial score (nSPS) is 33.2. The summed E-state index contributed by atoms with van der Waals surface area (Å²) in [5.74, 6) is 0.